The number of aldehydes is 1. The summed E-state index contributed by atoms with van der Waals surface area (Å²) in [6.07, 6.45) is 2.73. The summed E-state index contributed by atoms with van der Waals surface area (Å²) in [7, 11) is 0. The molecule has 0 unspecified atom stereocenters. The standard InChI is InChI=1S/C9H14O4/c1-2-12-8(11)9(7-10)5-3-4-6-13-9/h7H,2-6H2,1H3/t9-/m1/s1. The number of hydrogen-bond acceptors (Lipinski definition) is 4. The van der Waals surface area contributed by atoms with Gasteiger partial charge in [0.1, 0.15) is 0 Å². The van der Waals surface area contributed by atoms with Gasteiger partial charge in [0.25, 0.3) is 0 Å². The average Bonchev–Trinajstić information content (AvgIpc) is 2.19. The van der Waals surface area contributed by atoms with Crippen molar-refractivity contribution in [1.82, 2.24) is 0 Å². The van der Waals surface area contributed by atoms with Gasteiger partial charge in [0.05, 0.1) is 6.61 Å². The maximum absolute atomic E-state index is 11.4. The highest BCUT2D eigenvalue weighted by atomic mass is 16.6. The maximum atomic E-state index is 11.4. The molecule has 1 heterocycles. The van der Waals surface area contributed by atoms with E-state index in [9.17, 15) is 9.59 Å². The van der Waals surface area contributed by atoms with E-state index in [1.54, 1.807) is 6.92 Å². The third-order valence-electron chi connectivity index (χ3n) is 2.11. The Morgan fingerprint density at radius 1 is 1.62 bits per heavy atom. The van der Waals surface area contributed by atoms with Crippen LogP contribution in [-0.4, -0.2) is 31.1 Å². The van der Waals surface area contributed by atoms with E-state index < -0.39 is 11.6 Å². The Labute approximate surface area is 77.2 Å². The van der Waals surface area contributed by atoms with E-state index in [0.717, 1.165) is 12.8 Å². The number of carbonyl (C=O) groups is 2. The Morgan fingerprint density at radius 3 is 2.85 bits per heavy atom. The van der Waals surface area contributed by atoms with Crippen LogP contribution in [0.3, 0.4) is 0 Å². The number of rotatable bonds is 3. The van der Waals surface area contributed by atoms with Gasteiger partial charge in [0, 0.05) is 6.61 Å². The van der Waals surface area contributed by atoms with Crippen LogP contribution in [0.5, 0.6) is 0 Å². The molecule has 1 saturated heterocycles. The maximum Gasteiger partial charge on any atom is 0.345 e. The molecule has 0 radical (unpaired) electrons. The van der Waals surface area contributed by atoms with Crippen LogP contribution in [0, 0.1) is 0 Å². The fourth-order valence-electron chi connectivity index (χ4n) is 1.37. The van der Waals surface area contributed by atoms with Crippen molar-refractivity contribution in [3.63, 3.8) is 0 Å². The lowest BCUT2D eigenvalue weighted by atomic mass is 9.95. The number of hydrogen-bond donors (Lipinski definition) is 0. The summed E-state index contributed by atoms with van der Waals surface area (Å²) in [5.74, 6) is -0.551. The minimum absolute atomic E-state index is 0.276. The molecule has 0 aromatic carbocycles. The normalized spacial score (nSPS) is 28.1. The van der Waals surface area contributed by atoms with Crippen LogP contribution in [0.4, 0.5) is 0 Å². The molecule has 1 aliphatic rings. The Bertz CT molecular complexity index is 194. The van der Waals surface area contributed by atoms with Gasteiger partial charge in [-0.15, -0.1) is 0 Å². The van der Waals surface area contributed by atoms with Gasteiger partial charge in [-0.1, -0.05) is 0 Å². The molecular formula is C9H14O4. The molecule has 1 aliphatic heterocycles. The van der Waals surface area contributed by atoms with E-state index in [-0.39, 0.29) is 6.61 Å². The fraction of sp³-hybridized carbons (Fsp3) is 0.778. The molecule has 0 bridgehead atoms. The number of esters is 1. The smallest absolute Gasteiger partial charge is 0.345 e. The summed E-state index contributed by atoms with van der Waals surface area (Å²) in [5.41, 5.74) is -1.31. The van der Waals surface area contributed by atoms with E-state index >= 15 is 0 Å². The van der Waals surface area contributed by atoms with Gasteiger partial charge in [-0.2, -0.15) is 0 Å². The van der Waals surface area contributed by atoms with Crippen LogP contribution in [-0.2, 0) is 19.1 Å². The van der Waals surface area contributed by atoms with Crippen LogP contribution in [0.1, 0.15) is 26.2 Å². The topological polar surface area (TPSA) is 52.6 Å². The summed E-state index contributed by atoms with van der Waals surface area (Å²) in [4.78, 5) is 22.1. The van der Waals surface area contributed by atoms with Crippen LogP contribution in [0.2, 0.25) is 0 Å². The lowest BCUT2D eigenvalue weighted by Crippen LogP contribution is -2.47. The second-order valence-corrected chi connectivity index (χ2v) is 3.03. The third-order valence-corrected chi connectivity index (χ3v) is 2.11. The molecule has 1 rings (SSSR count). The molecule has 0 aliphatic carbocycles. The first-order valence-corrected chi connectivity index (χ1v) is 4.52. The SMILES string of the molecule is CCOC(=O)[C@]1(C=O)CCCCO1. The molecule has 1 fully saturated rings. The molecule has 0 aromatic rings. The first-order valence-electron chi connectivity index (χ1n) is 4.52. The molecule has 0 N–H and O–H groups in total. The molecule has 13 heavy (non-hydrogen) atoms. The van der Waals surface area contributed by atoms with Crippen molar-refractivity contribution in [3.8, 4) is 0 Å². The van der Waals surface area contributed by atoms with Crippen molar-refractivity contribution >= 4 is 12.3 Å². The summed E-state index contributed by atoms with van der Waals surface area (Å²) in [5, 5.41) is 0. The molecule has 4 nitrogen and oxygen atoms in total. The van der Waals surface area contributed by atoms with Crippen molar-refractivity contribution in [2.75, 3.05) is 13.2 Å². The predicted octanol–water partition coefficient (Wildman–Crippen LogP) is 0.688. The monoisotopic (exact) mass is 186 g/mol. The van der Waals surface area contributed by atoms with Gasteiger partial charge in [0.2, 0.25) is 5.60 Å². The summed E-state index contributed by atoms with van der Waals surface area (Å²) < 4.78 is 9.97. The van der Waals surface area contributed by atoms with Crippen molar-refractivity contribution in [3.05, 3.63) is 0 Å². The van der Waals surface area contributed by atoms with Crippen molar-refractivity contribution in [2.45, 2.75) is 31.8 Å². The van der Waals surface area contributed by atoms with Gasteiger partial charge in [-0.3, -0.25) is 4.79 Å². The third kappa shape index (κ3) is 2.06. The second-order valence-electron chi connectivity index (χ2n) is 3.03. The van der Waals surface area contributed by atoms with Crippen LogP contribution in [0.25, 0.3) is 0 Å². The summed E-state index contributed by atoms with van der Waals surface area (Å²) >= 11 is 0. The van der Waals surface area contributed by atoms with E-state index in [1.807, 2.05) is 0 Å². The van der Waals surface area contributed by atoms with E-state index in [4.69, 9.17) is 9.47 Å². The van der Waals surface area contributed by atoms with Crippen molar-refractivity contribution < 1.29 is 19.1 Å². The zero-order chi connectivity index (χ0) is 9.73. The van der Waals surface area contributed by atoms with Gasteiger partial charge in [-0.25, -0.2) is 4.79 Å². The lowest BCUT2D eigenvalue weighted by Gasteiger charge is -2.29. The van der Waals surface area contributed by atoms with Gasteiger partial charge in [0.15, 0.2) is 6.29 Å². The molecule has 1 atom stereocenters. The summed E-state index contributed by atoms with van der Waals surface area (Å²) in [6, 6.07) is 0. The quantitative estimate of drug-likeness (QED) is 0.369. The largest absolute Gasteiger partial charge is 0.464 e. The minimum Gasteiger partial charge on any atom is -0.464 e. The van der Waals surface area contributed by atoms with Crippen molar-refractivity contribution in [2.24, 2.45) is 0 Å². The molecule has 0 amide bonds. The van der Waals surface area contributed by atoms with Crippen LogP contribution in [0.15, 0.2) is 0 Å². The predicted molar refractivity (Wildman–Crippen MR) is 45.2 cm³/mol. The summed E-state index contributed by atoms with van der Waals surface area (Å²) in [6.45, 7) is 2.44. The highest BCUT2D eigenvalue weighted by Gasteiger charge is 2.42. The Kier molecular flexibility index (Phi) is 3.42. The van der Waals surface area contributed by atoms with Gasteiger partial charge >= 0.3 is 5.97 Å². The molecule has 0 spiro atoms. The minimum atomic E-state index is -1.31. The zero-order valence-corrected chi connectivity index (χ0v) is 7.75. The molecule has 0 saturated carbocycles. The Balaban J connectivity index is 2.66. The highest BCUT2D eigenvalue weighted by molar-refractivity contribution is 5.96. The van der Waals surface area contributed by atoms with Crippen molar-refractivity contribution in [1.29, 1.82) is 0 Å². The zero-order valence-electron chi connectivity index (χ0n) is 7.75. The van der Waals surface area contributed by atoms with E-state index in [0.29, 0.717) is 19.3 Å². The molecule has 4 heteroatoms. The first kappa shape index (κ1) is 10.2. The Hall–Kier alpha value is -0.900. The van der Waals surface area contributed by atoms with Gasteiger partial charge in [-0.05, 0) is 26.2 Å². The van der Waals surface area contributed by atoms with E-state index in [2.05, 4.69) is 0 Å². The molecule has 74 valence electrons. The van der Waals surface area contributed by atoms with Crippen LogP contribution < -0.4 is 0 Å². The number of carbonyl (C=O) groups excluding carboxylic acids is 2. The average molecular weight is 186 g/mol. The van der Waals surface area contributed by atoms with Gasteiger partial charge < -0.3 is 9.47 Å². The van der Waals surface area contributed by atoms with E-state index in [1.165, 1.54) is 0 Å². The fourth-order valence-corrected chi connectivity index (χ4v) is 1.37. The number of ether oxygens (including phenoxy) is 2. The molecular weight excluding hydrogens is 172 g/mol. The first-order chi connectivity index (χ1) is 6.25. The van der Waals surface area contributed by atoms with Crippen LogP contribution >= 0.6 is 0 Å². The Morgan fingerprint density at radius 2 is 2.38 bits per heavy atom. The lowest BCUT2D eigenvalue weighted by molar-refractivity contribution is -0.177. The second kappa shape index (κ2) is 4.37. The molecule has 0 aromatic heterocycles. The highest BCUT2D eigenvalue weighted by Crippen LogP contribution is 2.24.